The molecule has 3 aromatic carbocycles. The first-order valence-corrected chi connectivity index (χ1v) is 13.4. The Morgan fingerprint density at radius 1 is 1.00 bits per heavy atom. The fourth-order valence-electron chi connectivity index (χ4n) is 5.32. The van der Waals surface area contributed by atoms with Crippen molar-refractivity contribution in [2.24, 2.45) is 0 Å². The molecule has 0 saturated carbocycles. The second kappa shape index (κ2) is 10.4. The third-order valence-electron chi connectivity index (χ3n) is 7.35. The van der Waals surface area contributed by atoms with Crippen molar-refractivity contribution in [2.75, 3.05) is 38.7 Å². The van der Waals surface area contributed by atoms with E-state index in [1.54, 1.807) is 13.3 Å². The molecule has 0 radical (unpaired) electrons. The summed E-state index contributed by atoms with van der Waals surface area (Å²) in [6, 6.07) is 24.8. The Kier molecular flexibility index (Phi) is 6.35. The average Bonchev–Trinajstić information content (AvgIpc) is 3.58. The summed E-state index contributed by atoms with van der Waals surface area (Å²) in [5.74, 6) is 2.16. The first kappa shape index (κ1) is 24.3. The highest BCUT2D eigenvalue weighted by molar-refractivity contribution is 5.95. The van der Waals surface area contributed by atoms with E-state index < -0.39 is 0 Å². The van der Waals surface area contributed by atoms with Crippen LogP contribution in [0, 0.1) is 0 Å². The highest BCUT2D eigenvalue weighted by Crippen LogP contribution is 2.34. The number of benzene rings is 3. The summed E-state index contributed by atoms with van der Waals surface area (Å²) in [6.07, 6.45) is 3.54. The molecule has 4 heterocycles. The van der Waals surface area contributed by atoms with Crippen LogP contribution in [0.25, 0.3) is 38.8 Å². The Morgan fingerprint density at radius 3 is 2.73 bits per heavy atom. The maximum Gasteiger partial charge on any atom is 0.214 e. The minimum absolute atomic E-state index is 0.695. The fourth-order valence-corrected chi connectivity index (χ4v) is 5.32. The molecule has 3 aromatic heterocycles. The molecular formula is C31H29N7O2. The van der Waals surface area contributed by atoms with Crippen molar-refractivity contribution in [2.45, 2.75) is 6.54 Å². The molecule has 1 saturated heterocycles. The number of aromatic nitrogens is 5. The number of nitrogens with zero attached hydrogens (tertiary/aromatic N) is 5. The molecule has 7 rings (SSSR count). The van der Waals surface area contributed by atoms with Crippen LogP contribution in [0.4, 0.5) is 11.8 Å². The molecule has 0 aliphatic carbocycles. The predicted molar refractivity (Wildman–Crippen MR) is 156 cm³/mol. The van der Waals surface area contributed by atoms with Crippen LogP contribution in [0.2, 0.25) is 0 Å². The van der Waals surface area contributed by atoms with Crippen LogP contribution >= 0.6 is 0 Å². The smallest absolute Gasteiger partial charge is 0.214 e. The molecule has 200 valence electrons. The van der Waals surface area contributed by atoms with E-state index in [1.807, 2.05) is 42.6 Å². The van der Waals surface area contributed by atoms with Gasteiger partial charge in [0.25, 0.3) is 0 Å². The highest BCUT2D eigenvalue weighted by atomic mass is 16.5. The summed E-state index contributed by atoms with van der Waals surface area (Å²) in [7, 11) is 1.67. The van der Waals surface area contributed by atoms with Crippen LogP contribution < -0.4 is 10.1 Å². The number of aromatic amines is 1. The number of hydrogen-bond donors (Lipinski definition) is 2. The number of para-hydroxylation sites is 1. The molecular weight excluding hydrogens is 502 g/mol. The lowest BCUT2D eigenvalue weighted by atomic mass is 10.0. The Bertz CT molecular complexity index is 1790. The second-order valence-electron chi connectivity index (χ2n) is 9.85. The Balaban J connectivity index is 1.29. The van der Waals surface area contributed by atoms with Crippen molar-refractivity contribution in [1.82, 2.24) is 29.6 Å². The van der Waals surface area contributed by atoms with Gasteiger partial charge in [0.2, 0.25) is 5.95 Å². The second-order valence-corrected chi connectivity index (χ2v) is 9.85. The maximum atomic E-state index is 5.57. The quantitative estimate of drug-likeness (QED) is 0.279. The molecule has 0 bridgehead atoms. The van der Waals surface area contributed by atoms with E-state index in [0.29, 0.717) is 11.8 Å². The van der Waals surface area contributed by atoms with Gasteiger partial charge in [-0.1, -0.05) is 30.3 Å². The summed E-state index contributed by atoms with van der Waals surface area (Å²) in [6.45, 7) is 4.34. The van der Waals surface area contributed by atoms with Gasteiger partial charge in [-0.15, -0.1) is 0 Å². The van der Waals surface area contributed by atoms with Gasteiger partial charge in [-0.05, 0) is 53.6 Å². The molecule has 40 heavy (non-hydrogen) atoms. The molecule has 1 aliphatic heterocycles. The summed E-state index contributed by atoms with van der Waals surface area (Å²) in [5.41, 5.74) is 7.05. The number of methoxy groups -OCH3 is 1. The van der Waals surface area contributed by atoms with Crippen LogP contribution in [0.15, 0.2) is 85.2 Å². The molecule has 0 spiro atoms. The van der Waals surface area contributed by atoms with Gasteiger partial charge in [0.15, 0.2) is 5.82 Å². The topological polar surface area (TPSA) is 93.1 Å². The zero-order chi connectivity index (χ0) is 26.9. The minimum atomic E-state index is 0.695. The highest BCUT2D eigenvalue weighted by Gasteiger charge is 2.18. The summed E-state index contributed by atoms with van der Waals surface area (Å²) < 4.78 is 13.2. The van der Waals surface area contributed by atoms with Crippen molar-refractivity contribution in [3.63, 3.8) is 0 Å². The predicted octanol–water partition coefficient (Wildman–Crippen LogP) is 5.55. The summed E-state index contributed by atoms with van der Waals surface area (Å²) >= 11 is 0. The maximum absolute atomic E-state index is 5.57. The minimum Gasteiger partial charge on any atom is -0.496 e. The lowest BCUT2D eigenvalue weighted by Crippen LogP contribution is -2.35. The first-order valence-electron chi connectivity index (χ1n) is 13.4. The van der Waals surface area contributed by atoms with Crippen LogP contribution in [0.5, 0.6) is 5.75 Å². The lowest BCUT2D eigenvalue weighted by Gasteiger charge is -2.26. The van der Waals surface area contributed by atoms with Crippen LogP contribution in [-0.2, 0) is 11.3 Å². The molecule has 6 aromatic rings. The van der Waals surface area contributed by atoms with Crippen LogP contribution in [0.1, 0.15) is 5.56 Å². The Hall–Kier alpha value is -4.73. The zero-order valence-corrected chi connectivity index (χ0v) is 22.2. The van der Waals surface area contributed by atoms with Gasteiger partial charge in [0, 0.05) is 48.7 Å². The fraction of sp³-hybridized carbons (Fsp3) is 0.194. The standard InChI is InChI=1S/C31H29N7O2/c1-39-29-11-12-32-19-25(29)22-8-9-26-24(18-22)30(36-35-26)34-31-33-27-17-21(20-37-13-15-40-16-14-37)7-10-28(27)38(31)23-5-3-2-4-6-23/h2-12,17-19H,13-16,20H2,1H3,(H2,33,34,35,36). The van der Waals surface area contributed by atoms with Crippen molar-refractivity contribution < 1.29 is 9.47 Å². The number of morpholine rings is 1. The number of fused-ring (bicyclic) bond motifs is 2. The number of pyridine rings is 1. The van der Waals surface area contributed by atoms with Gasteiger partial charge < -0.3 is 14.8 Å². The number of anilines is 2. The molecule has 1 aliphatic rings. The van der Waals surface area contributed by atoms with Gasteiger partial charge in [-0.2, -0.15) is 5.10 Å². The molecule has 9 nitrogen and oxygen atoms in total. The Labute approximate surface area is 231 Å². The van der Waals surface area contributed by atoms with E-state index in [-0.39, 0.29) is 0 Å². The average molecular weight is 532 g/mol. The zero-order valence-electron chi connectivity index (χ0n) is 22.2. The van der Waals surface area contributed by atoms with E-state index >= 15 is 0 Å². The molecule has 0 unspecified atom stereocenters. The van der Waals surface area contributed by atoms with Gasteiger partial charge in [-0.3, -0.25) is 19.5 Å². The summed E-state index contributed by atoms with van der Waals surface area (Å²) in [4.78, 5) is 11.8. The van der Waals surface area contributed by atoms with E-state index in [2.05, 4.69) is 66.4 Å². The van der Waals surface area contributed by atoms with Gasteiger partial charge >= 0.3 is 0 Å². The first-order chi connectivity index (χ1) is 19.8. The van der Waals surface area contributed by atoms with Crippen LogP contribution in [-0.4, -0.2) is 63.0 Å². The van der Waals surface area contributed by atoms with Crippen molar-refractivity contribution >= 4 is 33.7 Å². The van der Waals surface area contributed by atoms with E-state index in [9.17, 15) is 0 Å². The molecule has 0 atom stereocenters. The normalized spacial score (nSPS) is 14.1. The SMILES string of the molecule is COc1ccncc1-c1ccc2[nH]nc(Nc3nc4cc(CN5CCOCC5)ccc4n3-c3ccccc3)c2c1. The van der Waals surface area contributed by atoms with E-state index in [4.69, 9.17) is 14.5 Å². The van der Waals surface area contributed by atoms with Crippen LogP contribution in [0.3, 0.4) is 0 Å². The third-order valence-corrected chi connectivity index (χ3v) is 7.35. The van der Waals surface area contributed by atoms with Gasteiger partial charge in [0.1, 0.15) is 5.75 Å². The van der Waals surface area contributed by atoms with Gasteiger partial charge in [-0.25, -0.2) is 4.98 Å². The van der Waals surface area contributed by atoms with Crippen molar-refractivity contribution in [3.05, 3.63) is 90.8 Å². The molecule has 1 fully saturated rings. The molecule has 0 amide bonds. The number of imidazole rings is 1. The van der Waals surface area contributed by atoms with E-state index in [1.165, 1.54) is 5.56 Å². The number of rotatable bonds is 7. The number of hydrogen-bond acceptors (Lipinski definition) is 7. The van der Waals surface area contributed by atoms with Crippen molar-refractivity contribution in [3.8, 4) is 22.6 Å². The van der Waals surface area contributed by atoms with Crippen molar-refractivity contribution in [1.29, 1.82) is 0 Å². The monoisotopic (exact) mass is 531 g/mol. The number of H-pyrrole nitrogens is 1. The van der Waals surface area contributed by atoms with Gasteiger partial charge in [0.05, 0.1) is 36.9 Å². The number of nitrogens with one attached hydrogen (secondary N) is 2. The summed E-state index contributed by atoms with van der Waals surface area (Å²) in [5, 5.41) is 12.2. The molecule has 9 heteroatoms. The van der Waals surface area contributed by atoms with E-state index in [0.717, 1.165) is 77.3 Å². The third kappa shape index (κ3) is 4.55. The molecule has 2 N–H and O–H groups in total. The largest absolute Gasteiger partial charge is 0.496 e. The Morgan fingerprint density at radius 2 is 1.88 bits per heavy atom. The lowest BCUT2D eigenvalue weighted by molar-refractivity contribution is 0.0342. The number of ether oxygens (including phenoxy) is 2.